The molecule has 0 saturated carbocycles. The van der Waals surface area contributed by atoms with Crippen molar-refractivity contribution in [2.45, 2.75) is 6.42 Å². The van der Waals surface area contributed by atoms with E-state index in [1.807, 2.05) is 18.2 Å². The first-order valence-electron chi connectivity index (χ1n) is 8.02. The molecule has 0 saturated heterocycles. The molecule has 4 rings (SSSR count). The molecule has 1 aromatic carbocycles. The van der Waals surface area contributed by atoms with Crippen LogP contribution in [-0.4, -0.2) is 32.8 Å². The van der Waals surface area contributed by atoms with Gasteiger partial charge in [-0.15, -0.1) is 0 Å². The second kappa shape index (κ2) is 6.44. The summed E-state index contributed by atoms with van der Waals surface area (Å²) in [5, 5.41) is 0.911. The van der Waals surface area contributed by atoms with Crippen molar-refractivity contribution in [2.24, 2.45) is 0 Å². The average molecular weight is 356 g/mol. The molecule has 2 aromatic heterocycles. The lowest BCUT2D eigenvalue weighted by atomic mass is 10.0. The molecule has 0 spiro atoms. The maximum Gasteiger partial charge on any atom is 0.138 e. The standard InChI is InChI=1S/C19H17FN2O2S/c1-24-18-3-2-13(20)10-15(18)14-4-7-21-19-16(14)11-17(22-19)12-5-8-25(23)9-6-12/h2-5,7,10-11H,6,8-9H2,1H3,(H,21,22). The van der Waals surface area contributed by atoms with Gasteiger partial charge < -0.3 is 9.72 Å². The minimum Gasteiger partial charge on any atom is -0.496 e. The summed E-state index contributed by atoms with van der Waals surface area (Å²) >= 11 is 0. The predicted molar refractivity (Wildman–Crippen MR) is 98.5 cm³/mol. The lowest BCUT2D eigenvalue weighted by Gasteiger charge is -2.10. The highest BCUT2D eigenvalue weighted by atomic mass is 32.2. The van der Waals surface area contributed by atoms with Gasteiger partial charge in [0, 0.05) is 45.1 Å². The summed E-state index contributed by atoms with van der Waals surface area (Å²) in [7, 11) is 0.816. The Morgan fingerprint density at radius 2 is 2.12 bits per heavy atom. The van der Waals surface area contributed by atoms with E-state index in [-0.39, 0.29) is 5.82 Å². The number of aromatic amines is 1. The third-order valence-electron chi connectivity index (χ3n) is 4.44. The van der Waals surface area contributed by atoms with E-state index >= 15 is 0 Å². The Morgan fingerprint density at radius 3 is 2.88 bits per heavy atom. The van der Waals surface area contributed by atoms with E-state index in [0.717, 1.165) is 34.3 Å². The maximum atomic E-state index is 13.8. The summed E-state index contributed by atoms with van der Waals surface area (Å²) in [6.45, 7) is 0. The van der Waals surface area contributed by atoms with Gasteiger partial charge in [-0.2, -0.15) is 0 Å². The Labute approximate surface area is 147 Å². The smallest absolute Gasteiger partial charge is 0.138 e. The van der Waals surface area contributed by atoms with Gasteiger partial charge in [0.05, 0.1) is 7.11 Å². The summed E-state index contributed by atoms with van der Waals surface area (Å²) < 4.78 is 30.7. The molecule has 6 heteroatoms. The quantitative estimate of drug-likeness (QED) is 0.774. The highest BCUT2D eigenvalue weighted by Crippen LogP contribution is 2.36. The summed E-state index contributed by atoms with van der Waals surface area (Å²) in [6.07, 6.45) is 4.50. The third kappa shape index (κ3) is 2.98. The van der Waals surface area contributed by atoms with Crippen molar-refractivity contribution in [1.82, 2.24) is 9.97 Å². The molecule has 4 nitrogen and oxygen atoms in total. The number of nitrogens with one attached hydrogen (secondary N) is 1. The van der Waals surface area contributed by atoms with Crippen LogP contribution in [0.2, 0.25) is 0 Å². The molecule has 1 unspecified atom stereocenters. The first-order valence-corrected chi connectivity index (χ1v) is 9.50. The molecule has 3 aromatic rings. The van der Waals surface area contributed by atoms with Gasteiger partial charge in [-0.25, -0.2) is 9.37 Å². The van der Waals surface area contributed by atoms with Crippen molar-refractivity contribution in [3.8, 4) is 16.9 Å². The molecule has 1 atom stereocenters. The van der Waals surface area contributed by atoms with Crippen LogP contribution in [0.4, 0.5) is 4.39 Å². The van der Waals surface area contributed by atoms with Gasteiger partial charge in [0.15, 0.2) is 0 Å². The van der Waals surface area contributed by atoms with E-state index in [4.69, 9.17) is 4.74 Å². The Balaban J connectivity index is 1.87. The Bertz CT molecular complexity index is 1010. The second-order valence-electron chi connectivity index (χ2n) is 5.94. The summed E-state index contributed by atoms with van der Waals surface area (Å²) in [5.41, 5.74) is 4.42. The van der Waals surface area contributed by atoms with Crippen molar-refractivity contribution < 1.29 is 13.3 Å². The van der Waals surface area contributed by atoms with E-state index in [2.05, 4.69) is 9.97 Å². The number of fused-ring (bicyclic) bond motifs is 1. The first kappa shape index (κ1) is 16.0. The van der Waals surface area contributed by atoms with Crippen LogP contribution >= 0.6 is 0 Å². The van der Waals surface area contributed by atoms with Crippen LogP contribution in [0, 0.1) is 5.82 Å². The minimum atomic E-state index is -0.758. The van der Waals surface area contributed by atoms with Crippen LogP contribution in [-0.2, 0) is 10.8 Å². The number of rotatable bonds is 3. The zero-order chi connectivity index (χ0) is 17.4. The van der Waals surface area contributed by atoms with Gasteiger partial charge in [-0.3, -0.25) is 4.21 Å². The molecule has 128 valence electrons. The van der Waals surface area contributed by atoms with E-state index in [9.17, 15) is 8.60 Å². The van der Waals surface area contributed by atoms with Crippen molar-refractivity contribution >= 4 is 27.4 Å². The Morgan fingerprint density at radius 1 is 1.24 bits per heavy atom. The number of hydrogen-bond acceptors (Lipinski definition) is 3. The molecule has 0 bridgehead atoms. The van der Waals surface area contributed by atoms with E-state index in [1.165, 1.54) is 12.1 Å². The molecule has 3 heterocycles. The topological polar surface area (TPSA) is 55.0 Å². The first-order chi connectivity index (χ1) is 12.2. The number of aromatic nitrogens is 2. The Kier molecular flexibility index (Phi) is 4.13. The van der Waals surface area contributed by atoms with Gasteiger partial charge in [0.1, 0.15) is 17.2 Å². The van der Waals surface area contributed by atoms with Crippen LogP contribution in [0.15, 0.2) is 42.6 Å². The van der Waals surface area contributed by atoms with Crippen LogP contribution in [0.1, 0.15) is 12.1 Å². The molecular weight excluding hydrogens is 339 g/mol. The predicted octanol–water partition coefficient (Wildman–Crippen LogP) is 3.91. The van der Waals surface area contributed by atoms with Gasteiger partial charge in [0.2, 0.25) is 0 Å². The number of nitrogens with zero attached hydrogens (tertiary/aromatic N) is 1. The van der Waals surface area contributed by atoms with Crippen molar-refractivity contribution in [2.75, 3.05) is 18.6 Å². The minimum absolute atomic E-state index is 0.311. The third-order valence-corrected chi connectivity index (χ3v) is 5.64. The number of hydrogen-bond donors (Lipinski definition) is 1. The van der Waals surface area contributed by atoms with Crippen LogP contribution in [0.25, 0.3) is 27.7 Å². The number of methoxy groups -OCH3 is 1. The van der Waals surface area contributed by atoms with E-state index < -0.39 is 10.8 Å². The van der Waals surface area contributed by atoms with Crippen LogP contribution in [0.5, 0.6) is 5.75 Å². The molecule has 0 radical (unpaired) electrons. The average Bonchev–Trinajstić information content (AvgIpc) is 3.06. The van der Waals surface area contributed by atoms with Crippen LogP contribution in [0.3, 0.4) is 0 Å². The number of benzene rings is 1. The summed E-state index contributed by atoms with van der Waals surface area (Å²) in [6, 6.07) is 8.38. The zero-order valence-corrected chi connectivity index (χ0v) is 14.5. The lowest BCUT2D eigenvalue weighted by Crippen LogP contribution is -2.08. The molecule has 0 amide bonds. The summed E-state index contributed by atoms with van der Waals surface area (Å²) in [5.74, 6) is 1.57. The molecule has 1 N–H and O–H groups in total. The fourth-order valence-electron chi connectivity index (χ4n) is 3.17. The molecule has 0 aliphatic carbocycles. The number of ether oxygens (including phenoxy) is 1. The summed E-state index contributed by atoms with van der Waals surface area (Å²) in [4.78, 5) is 7.73. The van der Waals surface area contributed by atoms with Gasteiger partial charge >= 0.3 is 0 Å². The fourth-order valence-corrected chi connectivity index (χ4v) is 4.17. The number of halogens is 1. The SMILES string of the molecule is COc1ccc(F)cc1-c1ccnc2[nH]c(C3=CCS(=O)CC3)cc12. The molecule has 1 aliphatic rings. The van der Waals surface area contributed by atoms with Crippen molar-refractivity contribution in [3.05, 3.63) is 54.1 Å². The zero-order valence-electron chi connectivity index (χ0n) is 13.7. The van der Waals surface area contributed by atoms with Crippen molar-refractivity contribution in [3.63, 3.8) is 0 Å². The van der Waals surface area contributed by atoms with E-state index in [0.29, 0.717) is 22.8 Å². The molecular formula is C19H17FN2O2S. The maximum absolute atomic E-state index is 13.8. The van der Waals surface area contributed by atoms with Crippen LogP contribution < -0.4 is 4.74 Å². The van der Waals surface area contributed by atoms with Gasteiger partial charge in [-0.05, 0) is 47.9 Å². The monoisotopic (exact) mass is 356 g/mol. The largest absolute Gasteiger partial charge is 0.496 e. The van der Waals surface area contributed by atoms with Gasteiger partial charge in [-0.1, -0.05) is 6.08 Å². The van der Waals surface area contributed by atoms with E-state index in [1.54, 1.807) is 19.4 Å². The molecule has 1 aliphatic heterocycles. The number of allylic oxidation sites excluding steroid dienone is 1. The normalized spacial score (nSPS) is 17.5. The fraction of sp³-hybridized carbons (Fsp3) is 0.211. The lowest BCUT2D eigenvalue weighted by molar-refractivity contribution is 0.415. The highest BCUT2D eigenvalue weighted by molar-refractivity contribution is 7.85. The molecule has 0 fully saturated rings. The molecule has 25 heavy (non-hydrogen) atoms. The number of H-pyrrole nitrogens is 1. The van der Waals surface area contributed by atoms with Crippen molar-refractivity contribution in [1.29, 1.82) is 0 Å². The second-order valence-corrected chi connectivity index (χ2v) is 7.56. The van der Waals surface area contributed by atoms with Gasteiger partial charge in [0.25, 0.3) is 0 Å². The number of pyridine rings is 1. The Hall–Kier alpha value is -2.47. The highest BCUT2D eigenvalue weighted by Gasteiger charge is 2.16.